The summed E-state index contributed by atoms with van der Waals surface area (Å²) in [6.07, 6.45) is 2.59. The number of nitrogens with zero attached hydrogens (tertiary/aromatic N) is 3. The van der Waals surface area contributed by atoms with E-state index < -0.39 is 0 Å². The lowest BCUT2D eigenvalue weighted by molar-refractivity contribution is 0.0747. The van der Waals surface area contributed by atoms with Crippen LogP contribution in [0.25, 0.3) is 0 Å². The van der Waals surface area contributed by atoms with Crippen molar-refractivity contribution in [1.29, 1.82) is 0 Å². The second-order valence-corrected chi connectivity index (χ2v) is 7.31. The van der Waals surface area contributed by atoms with Gasteiger partial charge in [-0.1, -0.05) is 24.3 Å². The van der Waals surface area contributed by atoms with E-state index in [1.54, 1.807) is 0 Å². The molecule has 2 fully saturated rings. The number of benzene rings is 2. The molecule has 2 aliphatic rings. The van der Waals surface area contributed by atoms with E-state index in [1.807, 2.05) is 35.2 Å². The van der Waals surface area contributed by atoms with Crippen LogP contribution < -0.4 is 9.80 Å². The van der Waals surface area contributed by atoms with Gasteiger partial charge in [-0.25, -0.2) is 0 Å². The summed E-state index contributed by atoms with van der Waals surface area (Å²) >= 11 is 0. The lowest BCUT2D eigenvalue weighted by Crippen LogP contribution is -2.48. The van der Waals surface area contributed by atoms with Crippen LogP contribution in [-0.2, 0) is 0 Å². The van der Waals surface area contributed by atoms with Gasteiger partial charge in [-0.15, -0.1) is 0 Å². The maximum Gasteiger partial charge on any atom is 0.253 e. The van der Waals surface area contributed by atoms with Gasteiger partial charge in [-0.05, 0) is 49.6 Å². The van der Waals surface area contributed by atoms with Crippen LogP contribution in [0.1, 0.15) is 28.8 Å². The predicted octanol–water partition coefficient (Wildman–Crippen LogP) is 3.56. The zero-order valence-electron chi connectivity index (χ0n) is 15.5. The molecular formula is C22H27N3O. The Labute approximate surface area is 156 Å². The Morgan fingerprint density at radius 1 is 0.808 bits per heavy atom. The largest absolute Gasteiger partial charge is 0.371 e. The first-order valence-corrected chi connectivity index (χ1v) is 9.67. The average molecular weight is 349 g/mol. The maximum atomic E-state index is 12.6. The Morgan fingerprint density at radius 2 is 1.50 bits per heavy atom. The van der Waals surface area contributed by atoms with Crippen molar-refractivity contribution in [3.05, 3.63) is 59.7 Å². The van der Waals surface area contributed by atoms with Gasteiger partial charge >= 0.3 is 0 Å². The van der Waals surface area contributed by atoms with Crippen LogP contribution in [-0.4, -0.2) is 50.1 Å². The third-order valence-corrected chi connectivity index (χ3v) is 5.59. The number of amides is 1. The number of carbonyl (C=O) groups excluding carboxylic acids is 1. The van der Waals surface area contributed by atoms with Gasteiger partial charge in [-0.3, -0.25) is 4.79 Å². The molecule has 2 saturated heterocycles. The van der Waals surface area contributed by atoms with Crippen molar-refractivity contribution in [2.45, 2.75) is 19.8 Å². The van der Waals surface area contributed by atoms with E-state index in [1.165, 1.54) is 42.9 Å². The topological polar surface area (TPSA) is 26.8 Å². The highest BCUT2D eigenvalue weighted by molar-refractivity contribution is 5.94. The van der Waals surface area contributed by atoms with Crippen LogP contribution in [0.4, 0.5) is 11.4 Å². The summed E-state index contributed by atoms with van der Waals surface area (Å²) in [5.41, 5.74) is 4.80. The zero-order valence-corrected chi connectivity index (χ0v) is 15.5. The lowest BCUT2D eigenvalue weighted by Gasteiger charge is -2.36. The fourth-order valence-electron chi connectivity index (χ4n) is 4.02. The number of carbonyl (C=O) groups is 1. The summed E-state index contributed by atoms with van der Waals surface area (Å²) in [6, 6.07) is 16.4. The molecule has 0 saturated carbocycles. The molecule has 4 rings (SSSR count). The average Bonchev–Trinajstić information content (AvgIpc) is 3.23. The van der Waals surface area contributed by atoms with Crippen molar-refractivity contribution in [1.82, 2.24) is 4.90 Å². The molecular weight excluding hydrogens is 322 g/mol. The second kappa shape index (κ2) is 7.40. The molecule has 2 aromatic rings. The fraction of sp³-hybridized carbons (Fsp3) is 0.409. The summed E-state index contributed by atoms with van der Waals surface area (Å²) < 4.78 is 0. The maximum absolute atomic E-state index is 12.6. The molecule has 26 heavy (non-hydrogen) atoms. The Hall–Kier alpha value is -2.49. The van der Waals surface area contributed by atoms with Gasteiger partial charge in [0.1, 0.15) is 0 Å². The molecule has 0 spiro atoms. The summed E-state index contributed by atoms with van der Waals surface area (Å²) in [5, 5.41) is 0. The molecule has 2 heterocycles. The van der Waals surface area contributed by atoms with Crippen molar-refractivity contribution >= 4 is 17.3 Å². The first kappa shape index (κ1) is 17.0. The highest BCUT2D eigenvalue weighted by Gasteiger charge is 2.23. The molecule has 2 aliphatic heterocycles. The highest BCUT2D eigenvalue weighted by Crippen LogP contribution is 2.29. The van der Waals surface area contributed by atoms with Crippen molar-refractivity contribution < 1.29 is 4.79 Å². The summed E-state index contributed by atoms with van der Waals surface area (Å²) in [4.78, 5) is 19.5. The first-order valence-electron chi connectivity index (χ1n) is 9.67. The highest BCUT2D eigenvalue weighted by atomic mass is 16.2. The van der Waals surface area contributed by atoms with Crippen LogP contribution in [0.2, 0.25) is 0 Å². The van der Waals surface area contributed by atoms with Crippen LogP contribution in [0.15, 0.2) is 48.5 Å². The molecule has 0 bridgehead atoms. The second-order valence-electron chi connectivity index (χ2n) is 7.31. The molecule has 2 aromatic carbocycles. The van der Waals surface area contributed by atoms with Crippen LogP contribution in [0, 0.1) is 6.92 Å². The minimum Gasteiger partial charge on any atom is -0.371 e. The molecule has 4 heteroatoms. The standard InChI is InChI=1S/C22H27N3O/c1-18-9-10-20(17-21(18)24-11-5-6-12-24)23-13-15-25(16-14-23)22(26)19-7-3-2-4-8-19/h2-4,7-10,17H,5-6,11-16H2,1H3. The van der Waals surface area contributed by atoms with Crippen LogP contribution >= 0.6 is 0 Å². The number of anilines is 2. The van der Waals surface area contributed by atoms with Gasteiger partial charge in [0, 0.05) is 56.2 Å². The predicted molar refractivity (Wildman–Crippen MR) is 107 cm³/mol. The van der Waals surface area contributed by atoms with E-state index in [4.69, 9.17) is 0 Å². The van der Waals surface area contributed by atoms with Crippen molar-refractivity contribution in [2.24, 2.45) is 0 Å². The van der Waals surface area contributed by atoms with Crippen LogP contribution in [0.5, 0.6) is 0 Å². The molecule has 4 nitrogen and oxygen atoms in total. The Kier molecular flexibility index (Phi) is 4.83. The molecule has 0 radical (unpaired) electrons. The molecule has 1 amide bonds. The molecule has 0 aliphatic carbocycles. The SMILES string of the molecule is Cc1ccc(N2CCN(C(=O)c3ccccc3)CC2)cc1N1CCCC1. The van der Waals surface area contributed by atoms with Crippen molar-refractivity contribution in [2.75, 3.05) is 49.1 Å². The quantitative estimate of drug-likeness (QED) is 0.848. The number of hydrogen-bond donors (Lipinski definition) is 0. The number of rotatable bonds is 3. The fourth-order valence-corrected chi connectivity index (χ4v) is 4.02. The molecule has 0 N–H and O–H groups in total. The molecule has 136 valence electrons. The number of aryl methyl sites for hydroxylation is 1. The van der Waals surface area contributed by atoms with E-state index in [0.717, 1.165) is 31.7 Å². The molecule has 0 atom stereocenters. The van der Waals surface area contributed by atoms with Gasteiger partial charge in [0.15, 0.2) is 0 Å². The van der Waals surface area contributed by atoms with Gasteiger partial charge in [0.25, 0.3) is 5.91 Å². The summed E-state index contributed by atoms with van der Waals surface area (Å²) in [5.74, 6) is 0.145. The minimum absolute atomic E-state index is 0.145. The summed E-state index contributed by atoms with van der Waals surface area (Å²) in [6.45, 7) is 7.88. The molecule has 0 unspecified atom stereocenters. The minimum atomic E-state index is 0.145. The van der Waals surface area contributed by atoms with Crippen molar-refractivity contribution in [3.63, 3.8) is 0 Å². The third-order valence-electron chi connectivity index (χ3n) is 5.59. The third kappa shape index (κ3) is 3.41. The van der Waals surface area contributed by atoms with Crippen LogP contribution in [0.3, 0.4) is 0 Å². The van der Waals surface area contributed by atoms with Gasteiger partial charge in [0.2, 0.25) is 0 Å². The van der Waals surface area contributed by atoms with Crippen molar-refractivity contribution in [3.8, 4) is 0 Å². The Morgan fingerprint density at radius 3 is 2.19 bits per heavy atom. The number of piperazine rings is 1. The Balaban J connectivity index is 1.43. The van der Waals surface area contributed by atoms with Gasteiger partial charge in [-0.2, -0.15) is 0 Å². The smallest absolute Gasteiger partial charge is 0.253 e. The van der Waals surface area contributed by atoms with E-state index in [2.05, 4.69) is 34.9 Å². The number of hydrogen-bond acceptors (Lipinski definition) is 3. The monoisotopic (exact) mass is 349 g/mol. The lowest BCUT2D eigenvalue weighted by atomic mass is 10.1. The first-order chi connectivity index (χ1) is 12.7. The van der Waals surface area contributed by atoms with Gasteiger partial charge < -0.3 is 14.7 Å². The normalized spacial score (nSPS) is 17.7. The van der Waals surface area contributed by atoms with E-state index in [0.29, 0.717) is 0 Å². The zero-order chi connectivity index (χ0) is 17.9. The Bertz CT molecular complexity index is 760. The molecule has 0 aromatic heterocycles. The van der Waals surface area contributed by atoms with E-state index in [9.17, 15) is 4.79 Å². The summed E-state index contributed by atoms with van der Waals surface area (Å²) in [7, 11) is 0. The van der Waals surface area contributed by atoms with E-state index in [-0.39, 0.29) is 5.91 Å². The van der Waals surface area contributed by atoms with E-state index >= 15 is 0 Å². The van der Waals surface area contributed by atoms with Gasteiger partial charge in [0.05, 0.1) is 0 Å².